The van der Waals surface area contributed by atoms with Gasteiger partial charge in [-0.1, -0.05) is 6.07 Å². The maximum Gasteiger partial charge on any atom is 0.125 e. The van der Waals surface area contributed by atoms with Gasteiger partial charge in [-0.15, -0.1) is 0 Å². The van der Waals surface area contributed by atoms with E-state index in [1.165, 1.54) is 19.0 Å². The Morgan fingerprint density at radius 2 is 2.32 bits per heavy atom. The summed E-state index contributed by atoms with van der Waals surface area (Å²) < 4.78 is 13.4. The number of halogens is 1. The summed E-state index contributed by atoms with van der Waals surface area (Å²) in [6.45, 7) is 4.06. The second-order valence-corrected chi connectivity index (χ2v) is 5.88. The van der Waals surface area contributed by atoms with Gasteiger partial charge in [0.25, 0.3) is 0 Å². The molecule has 2 heterocycles. The molecule has 0 aromatic heterocycles. The molecule has 2 fully saturated rings. The van der Waals surface area contributed by atoms with Gasteiger partial charge in [0, 0.05) is 32.4 Å². The van der Waals surface area contributed by atoms with Gasteiger partial charge < -0.3 is 15.5 Å². The van der Waals surface area contributed by atoms with Crippen LogP contribution in [0.5, 0.6) is 0 Å². The highest BCUT2D eigenvalue weighted by Gasteiger charge is 2.47. The molecular formula is C15H22FN3. The Bertz CT molecular complexity index is 464. The Hall–Kier alpha value is -1.13. The number of nitrogens with two attached hydrogens (primary N) is 1. The zero-order chi connectivity index (χ0) is 13.5. The number of benzene rings is 1. The lowest BCUT2D eigenvalue weighted by atomic mass is 9.77. The highest BCUT2D eigenvalue weighted by molar-refractivity contribution is 5.49. The number of rotatable bonds is 3. The second kappa shape index (κ2) is 4.76. The van der Waals surface area contributed by atoms with Crippen LogP contribution in [0.1, 0.15) is 12.8 Å². The van der Waals surface area contributed by atoms with Crippen molar-refractivity contribution in [1.29, 1.82) is 0 Å². The van der Waals surface area contributed by atoms with Gasteiger partial charge in [-0.25, -0.2) is 4.39 Å². The van der Waals surface area contributed by atoms with E-state index in [0.29, 0.717) is 12.5 Å². The maximum absolute atomic E-state index is 13.4. The first-order chi connectivity index (χ1) is 9.15. The van der Waals surface area contributed by atoms with Crippen LogP contribution in [-0.4, -0.2) is 43.7 Å². The fraction of sp³-hybridized carbons (Fsp3) is 0.600. The zero-order valence-corrected chi connectivity index (χ0v) is 11.5. The van der Waals surface area contributed by atoms with E-state index in [4.69, 9.17) is 5.73 Å². The van der Waals surface area contributed by atoms with Crippen LogP contribution in [0, 0.1) is 11.7 Å². The number of fused-ring (bicyclic) bond motifs is 2. The minimum Gasteiger partial charge on any atom is -0.367 e. The first kappa shape index (κ1) is 12.9. The van der Waals surface area contributed by atoms with Gasteiger partial charge in [-0.05, 0) is 43.5 Å². The Balaban J connectivity index is 1.93. The smallest absolute Gasteiger partial charge is 0.125 e. The van der Waals surface area contributed by atoms with E-state index in [1.807, 2.05) is 6.07 Å². The summed E-state index contributed by atoms with van der Waals surface area (Å²) in [6.07, 6.45) is 2.28. The van der Waals surface area contributed by atoms with Gasteiger partial charge >= 0.3 is 0 Å². The van der Waals surface area contributed by atoms with Crippen LogP contribution >= 0.6 is 0 Å². The van der Waals surface area contributed by atoms with Crippen molar-refractivity contribution in [2.24, 2.45) is 11.7 Å². The third-order valence-corrected chi connectivity index (χ3v) is 5.11. The predicted octanol–water partition coefficient (Wildman–Crippen LogP) is 1.69. The normalized spacial score (nSPS) is 33.4. The summed E-state index contributed by atoms with van der Waals surface area (Å²) in [7, 11) is 2.07. The molecule has 0 amide bonds. The lowest BCUT2D eigenvalue weighted by Crippen LogP contribution is -2.61. The van der Waals surface area contributed by atoms with Gasteiger partial charge in [0.05, 0.1) is 5.54 Å². The maximum atomic E-state index is 13.4. The summed E-state index contributed by atoms with van der Waals surface area (Å²) in [5.74, 6) is 0.417. The number of likely N-dealkylation sites (N-methyl/N-ethyl adjacent to an activating group) is 1. The molecule has 2 bridgehead atoms. The van der Waals surface area contributed by atoms with E-state index < -0.39 is 0 Å². The SMILES string of the molecule is CN(c1cccc(F)c1)C1(CN)CCN2CCC1C2. The largest absolute Gasteiger partial charge is 0.367 e. The van der Waals surface area contributed by atoms with Crippen LogP contribution < -0.4 is 10.6 Å². The van der Waals surface area contributed by atoms with Crippen LogP contribution in [0.25, 0.3) is 0 Å². The summed E-state index contributed by atoms with van der Waals surface area (Å²) in [6, 6.07) is 6.85. The zero-order valence-electron chi connectivity index (χ0n) is 11.5. The van der Waals surface area contributed by atoms with Gasteiger partial charge in [-0.3, -0.25) is 0 Å². The molecule has 3 nitrogen and oxygen atoms in total. The van der Waals surface area contributed by atoms with Gasteiger partial charge in [-0.2, -0.15) is 0 Å². The van der Waals surface area contributed by atoms with Crippen molar-refractivity contribution in [2.45, 2.75) is 18.4 Å². The molecule has 4 heteroatoms. The molecule has 1 aromatic rings. The Morgan fingerprint density at radius 1 is 1.47 bits per heavy atom. The fourth-order valence-electron chi connectivity index (χ4n) is 3.82. The van der Waals surface area contributed by atoms with Crippen molar-refractivity contribution in [3.05, 3.63) is 30.1 Å². The highest BCUT2D eigenvalue weighted by Crippen LogP contribution is 2.40. The number of nitrogens with zero attached hydrogens (tertiary/aromatic N) is 2. The molecule has 2 N–H and O–H groups in total. The first-order valence-electron chi connectivity index (χ1n) is 7.07. The van der Waals surface area contributed by atoms with Crippen molar-refractivity contribution < 1.29 is 4.39 Å². The molecule has 0 radical (unpaired) electrons. The molecule has 3 unspecified atom stereocenters. The quantitative estimate of drug-likeness (QED) is 0.900. The van der Waals surface area contributed by atoms with E-state index in [-0.39, 0.29) is 11.4 Å². The standard InChI is InChI=1S/C15H22FN3/c1-18(14-4-2-3-13(16)9-14)15(11-17)6-8-19-7-5-12(15)10-19/h2-4,9,12H,5-8,10-11,17H2,1H3. The van der Waals surface area contributed by atoms with Gasteiger partial charge in [0.15, 0.2) is 0 Å². The van der Waals surface area contributed by atoms with Crippen molar-refractivity contribution in [3.63, 3.8) is 0 Å². The lowest BCUT2D eigenvalue weighted by molar-refractivity contribution is 0.168. The summed E-state index contributed by atoms with van der Waals surface area (Å²) in [4.78, 5) is 4.74. The molecular weight excluding hydrogens is 241 g/mol. The van der Waals surface area contributed by atoms with Crippen LogP contribution in [0.4, 0.5) is 10.1 Å². The molecule has 1 aromatic carbocycles. The van der Waals surface area contributed by atoms with Gasteiger partial charge in [0.2, 0.25) is 0 Å². The molecule has 3 atom stereocenters. The minimum absolute atomic E-state index is 0.0131. The molecule has 19 heavy (non-hydrogen) atoms. The van der Waals surface area contributed by atoms with Crippen molar-refractivity contribution in [1.82, 2.24) is 4.90 Å². The highest BCUT2D eigenvalue weighted by atomic mass is 19.1. The molecule has 0 aliphatic carbocycles. The Kier molecular flexibility index (Phi) is 3.23. The third kappa shape index (κ3) is 2.03. The number of anilines is 1. The monoisotopic (exact) mass is 263 g/mol. The molecule has 2 aliphatic heterocycles. The van der Waals surface area contributed by atoms with Crippen LogP contribution in [0.3, 0.4) is 0 Å². The fourth-order valence-corrected chi connectivity index (χ4v) is 3.82. The summed E-state index contributed by atoms with van der Waals surface area (Å²) in [5, 5.41) is 0. The molecule has 0 saturated carbocycles. The third-order valence-electron chi connectivity index (χ3n) is 5.11. The van der Waals surface area contributed by atoms with Crippen LogP contribution in [0.2, 0.25) is 0 Å². The van der Waals surface area contributed by atoms with E-state index in [0.717, 1.165) is 25.2 Å². The Labute approximate surface area is 114 Å². The number of hydrogen-bond donors (Lipinski definition) is 1. The van der Waals surface area contributed by atoms with Crippen molar-refractivity contribution in [3.8, 4) is 0 Å². The van der Waals surface area contributed by atoms with Crippen molar-refractivity contribution in [2.75, 3.05) is 38.1 Å². The number of piperidine rings is 1. The van der Waals surface area contributed by atoms with E-state index in [2.05, 4.69) is 16.8 Å². The van der Waals surface area contributed by atoms with E-state index in [1.54, 1.807) is 12.1 Å². The Morgan fingerprint density at radius 3 is 3.05 bits per heavy atom. The molecule has 104 valence electrons. The topological polar surface area (TPSA) is 32.5 Å². The first-order valence-corrected chi connectivity index (χ1v) is 7.07. The van der Waals surface area contributed by atoms with Crippen LogP contribution in [-0.2, 0) is 0 Å². The molecule has 2 aliphatic rings. The van der Waals surface area contributed by atoms with E-state index >= 15 is 0 Å². The summed E-state index contributed by atoms with van der Waals surface area (Å²) in [5.41, 5.74) is 7.07. The summed E-state index contributed by atoms with van der Waals surface area (Å²) >= 11 is 0. The lowest BCUT2D eigenvalue weighted by Gasteiger charge is -2.49. The van der Waals surface area contributed by atoms with Crippen LogP contribution in [0.15, 0.2) is 24.3 Å². The van der Waals surface area contributed by atoms with E-state index in [9.17, 15) is 4.39 Å². The van der Waals surface area contributed by atoms with Crippen molar-refractivity contribution >= 4 is 5.69 Å². The van der Waals surface area contributed by atoms with Gasteiger partial charge in [0.1, 0.15) is 5.82 Å². The average Bonchev–Trinajstić information content (AvgIpc) is 2.83. The molecule has 0 spiro atoms. The average molecular weight is 263 g/mol. The second-order valence-electron chi connectivity index (χ2n) is 5.88. The predicted molar refractivity (Wildman–Crippen MR) is 75.8 cm³/mol. The number of hydrogen-bond acceptors (Lipinski definition) is 3. The molecule has 3 rings (SSSR count). The molecule has 2 saturated heterocycles. The minimum atomic E-state index is -0.180.